The Balaban J connectivity index is 2.62. The summed E-state index contributed by atoms with van der Waals surface area (Å²) in [6, 6.07) is 11.5. The van der Waals surface area contributed by atoms with Gasteiger partial charge in [0.25, 0.3) is 0 Å². The molecule has 4 nitrogen and oxygen atoms in total. The number of hydrogen-bond acceptors (Lipinski definition) is 4. The van der Waals surface area contributed by atoms with E-state index in [4.69, 9.17) is 30.2 Å². The monoisotopic (exact) mass is 396 g/mol. The van der Waals surface area contributed by atoms with Crippen molar-refractivity contribution in [3.05, 3.63) is 36.4 Å². The first-order valence-corrected chi connectivity index (χ1v) is 11.2. The lowest BCUT2D eigenvalue weighted by atomic mass is 10.3. The third-order valence-corrected chi connectivity index (χ3v) is 6.20. The normalized spacial score (nSPS) is 10.7. The fraction of sp³-hybridized carbons (Fsp3) is 0.400. The van der Waals surface area contributed by atoms with Gasteiger partial charge in [-0.25, -0.2) is 0 Å². The smallest absolute Gasteiger partial charge is 0.132 e. The summed E-state index contributed by atoms with van der Waals surface area (Å²) in [5.74, 6) is 2.92. The van der Waals surface area contributed by atoms with Crippen molar-refractivity contribution in [3.63, 3.8) is 0 Å². The van der Waals surface area contributed by atoms with Gasteiger partial charge in [0.2, 0.25) is 0 Å². The molecule has 0 amide bonds. The van der Waals surface area contributed by atoms with Gasteiger partial charge in [-0.05, 0) is 52.0 Å². The number of halogens is 1. The summed E-state index contributed by atoms with van der Waals surface area (Å²) >= 11 is 7.04. The summed E-state index contributed by atoms with van der Waals surface area (Å²) < 4.78 is 23.3. The van der Waals surface area contributed by atoms with E-state index in [1.54, 1.807) is 0 Å². The fourth-order valence-electron chi connectivity index (χ4n) is 2.59. The van der Waals surface area contributed by atoms with Gasteiger partial charge in [0.1, 0.15) is 23.0 Å². The van der Waals surface area contributed by atoms with E-state index >= 15 is 0 Å². The molecule has 0 aliphatic carbocycles. The first-order chi connectivity index (χ1) is 12.7. The van der Waals surface area contributed by atoms with Crippen molar-refractivity contribution in [1.29, 1.82) is 0 Å². The Bertz CT molecular complexity index is 600. The third kappa shape index (κ3) is 4.75. The fourth-order valence-corrected chi connectivity index (χ4v) is 5.14. The van der Waals surface area contributed by atoms with Crippen molar-refractivity contribution in [2.24, 2.45) is 0 Å². The molecular weight excluding hydrogens is 371 g/mol. The number of rotatable bonds is 10. The van der Waals surface area contributed by atoms with Crippen molar-refractivity contribution >= 4 is 29.1 Å². The maximum Gasteiger partial charge on any atom is 0.132 e. The zero-order valence-electron chi connectivity index (χ0n) is 15.8. The molecule has 142 valence electrons. The van der Waals surface area contributed by atoms with Gasteiger partial charge in [-0.2, -0.15) is 0 Å². The summed E-state index contributed by atoms with van der Waals surface area (Å²) in [5, 5.41) is 1.70. The van der Waals surface area contributed by atoms with Gasteiger partial charge in [-0.15, -0.1) is 0 Å². The van der Waals surface area contributed by atoms with E-state index in [2.05, 4.69) is 0 Å². The van der Waals surface area contributed by atoms with Gasteiger partial charge < -0.3 is 18.9 Å². The van der Waals surface area contributed by atoms with Crippen LogP contribution in [0.1, 0.15) is 27.7 Å². The van der Waals surface area contributed by atoms with Crippen molar-refractivity contribution in [2.45, 2.75) is 27.7 Å². The van der Waals surface area contributed by atoms with E-state index in [0.717, 1.165) is 33.6 Å². The number of hydrogen-bond donors (Lipinski definition) is 0. The zero-order chi connectivity index (χ0) is 18.9. The standard InChI is InChI=1S/C20H26ClO4P/c1-5-22-15-11-9-12-16(23-6-2)19(15)26(21)20-17(24-7-3)13-10-14-18(20)25-8-4/h9-14H,5-8H2,1-4H3. The molecule has 0 radical (unpaired) electrons. The number of ether oxygens (including phenoxy) is 4. The van der Waals surface area contributed by atoms with Crippen LogP contribution >= 0.6 is 18.5 Å². The molecule has 2 aromatic rings. The average molecular weight is 397 g/mol. The molecular formula is C20H26ClO4P. The van der Waals surface area contributed by atoms with Gasteiger partial charge >= 0.3 is 0 Å². The summed E-state index contributed by atoms with van der Waals surface area (Å²) in [4.78, 5) is 0. The second-order valence-electron chi connectivity index (χ2n) is 5.22. The molecule has 0 spiro atoms. The minimum absolute atomic E-state index is 0.550. The molecule has 2 rings (SSSR count). The molecule has 2 aromatic carbocycles. The Morgan fingerprint density at radius 2 is 0.885 bits per heavy atom. The van der Waals surface area contributed by atoms with Crippen molar-refractivity contribution in [1.82, 2.24) is 0 Å². The predicted molar refractivity (Wildman–Crippen MR) is 110 cm³/mol. The topological polar surface area (TPSA) is 36.9 Å². The van der Waals surface area contributed by atoms with Crippen molar-refractivity contribution in [2.75, 3.05) is 26.4 Å². The van der Waals surface area contributed by atoms with E-state index < -0.39 is 7.27 Å². The Labute approximate surface area is 161 Å². The average Bonchev–Trinajstić information content (AvgIpc) is 2.63. The second kappa shape index (κ2) is 10.5. The largest absolute Gasteiger partial charge is 0.493 e. The van der Waals surface area contributed by atoms with Crippen LogP contribution in [0.2, 0.25) is 0 Å². The van der Waals surface area contributed by atoms with E-state index in [9.17, 15) is 0 Å². The summed E-state index contributed by atoms with van der Waals surface area (Å²) in [5.41, 5.74) is 0. The quantitative estimate of drug-likeness (QED) is 0.537. The zero-order valence-corrected chi connectivity index (χ0v) is 17.4. The molecule has 0 N–H and O–H groups in total. The van der Waals surface area contributed by atoms with Gasteiger partial charge in [-0.1, -0.05) is 23.4 Å². The molecule has 0 saturated carbocycles. The molecule has 0 unspecified atom stereocenters. The molecule has 0 saturated heterocycles. The van der Waals surface area contributed by atoms with Gasteiger partial charge in [0, 0.05) is 0 Å². The van der Waals surface area contributed by atoms with Crippen molar-refractivity contribution < 1.29 is 18.9 Å². The molecule has 0 aliphatic heterocycles. The molecule has 26 heavy (non-hydrogen) atoms. The highest BCUT2D eigenvalue weighted by Crippen LogP contribution is 2.50. The van der Waals surface area contributed by atoms with Gasteiger partial charge in [-0.3, -0.25) is 0 Å². The van der Waals surface area contributed by atoms with Crippen LogP contribution in [0.4, 0.5) is 0 Å². The summed E-state index contributed by atoms with van der Waals surface area (Å²) in [6.07, 6.45) is 0. The van der Waals surface area contributed by atoms with E-state index in [0.29, 0.717) is 26.4 Å². The Morgan fingerprint density at radius 3 is 1.12 bits per heavy atom. The van der Waals surface area contributed by atoms with Crippen LogP contribution in [-0.2, 0) is 0 Å². The first-order valence-electron chi connectivity index (χ1n) is 8.90. The predicted octanol–water partition coefficient (Wildman–Crippen LogP) is 4.87. The van der Waals surface area contributed by atoms with E-state index in [1.807, 2.05) is 64.1 Å². The lowest BCUT2D eigenvalue weighted by Crippen LogP contribution is -2.19. The molecule has 6 heteroatoms. The Hall–Kier alpha value is -1.64. The van der Waals surface area contributed by atoms with Crippen LogP contribution in [0.5, 0.6) is 23.0 Å². The van der Waals surface area contributed by atoms with Crippen LogP contribution < -0.4 is 29.6 Å². The number of benzene rings is 2. The van der Waals surface area contributed by atoms with Crippen LogP contribution in [0.25, 0.3) is 0 Å². The Morgan fingerprint density at radius 1 is 0.615 bits per heavy atom. The molecule has 0 fully saturated rings. The van der Waals surface area contributed by atoms with Gasteiger partial charge in [0.15, 0.2) is 0 Å². The lowest BCUT2D eigenvalue weighted by Gasteiger charge is -2.22. The van der Waals surface area contributed by atoms with E-state index in [1.165, 1.54) is 0 Å². The SMILES string of the molecule is CCOc1cccc(OCC)c1P(Cl)c1c(OCC)cccc1OCC. The maximum atomic E-state index is 7.04. The van der Waals surface area contributed by atoms with Gasteiger partial charge in [0.05, 0.1) is 44.3 Å². The minimum atomic E-state index is -1.33. The van der Waals surface area contributed by atoms with E-state index in [-0.39, 0.29) is 0 Å². The Kier molecular flexibility index (Phi) is 8.34. The molecule has 0 aliphatic rings. The lowest BCUT2D eigenvalue weighted by molar-refractivity contribution is 0.327. The maximum absolute atomic E-state index is 7.04. The summed E-state index contributed by atoms with van der Waals surface area (Å²) in [7, 11) is -1.33. The minimum Gasteiger partial charge on any atom is -0.493 e. The van der Waals surface area contributed by atoms with Crippen LogP contribution in [0.3, 0.4) is 0 Å². The highest BCUT2D eigenvalue weighted by atomic mass is 35.7. The first kappa shape index (κ1) is 20.7. The molecule has 0 aromatic heterocycles. The van der Waals surface area contributed by atoms with Crippen LogP contribution in [0, 0.1) is 0 Å². The highest BCUT2D eigenvalue weighted by molar-refractivity contribution is 7.96. The molecule has 0 heterocycles. The van der Waals surface area contributed by atoms with Crippen LogP contribution in [-0.4, -0.2) is 26.4 Å². The van der Waals surface area contributed by atoms with Crippen LogP contribution in [0.15, 0.2) is 36.4 Å². The summed E-state index contributed by atoms with van der Waals surface area (Å²) in [6.45, 7) is 10.0. The molecule has 0 bridgehead atoms. The molecule has 0 atom stereocenters. The third-order valence-electron chi connectivity index (χ3n) is 3.52. The van der Waals surface area contributed by atoms with Crippen molar-refractivity contribution in [3.8, 4) is 23.0 Å². The highest BCUT2D eigenvalue weighted by Gasteiger charge is 2.27. The second-order valence-corrected chi connectivity index (χ2v) is 7.69.